The van der Waals surface area contributed by atoms with E-state index in [2.05, 4.69) is 18.2 Å². The van der Waals surface area contributed by atoms with Crippen molar-refractivity contribution >= 4 is 39.9 Å². The molecule has 144 valence electrons. The van der Waals surface area contributed by atoms with E-state index >= 15 is 0 Å². The van der Waals surface area contributed by atoms with Crippen LogP contribution in [0.1, 0.15) is 11.1 Å². The highest BCUT2D eigenvalue weighted by atomic mass is 32.2. The first-order valence-corrected chi connectivity index (χ1v) is 11.4. The molecule has 1 amide bonds. The first-order valence-electron chi connectivity index (χ1n) is 9.56. The van der Waals surface area contributed by atoms with Crippen LogP contribution >= 0.6 is 23.1 Å². The first kappa shape index (κ1) is 18.3. The molecule has 0 fully saturated rings. The van der Waals surface area contributed by atoms with Gasteiger partial charge in [-0.15, -0.1) is 11.3 Å². The molecule has 4 aromatic rings. The standard InChI is InChI=1S/C23H19N3OS2/c27-21(26-12-11-16-6-1-2-7-17(16)14-26)15-29-23-18-8-3-4-9-19(18)24-22(25-23)20-10-5-13-28-20/h1-10,13H,11-12,14-15H2. The van der Waals surface area contributed by atoms with Crippen LogP contribution in [0.5, 0.6) is 0 Å². The second-order valence-corrected chi connectivity index (χ2v) is 8.88. The van der Waals surface area contributed by atoms with Gasteiger partial charge in [-0.1, -0.05) is 60.3 Å². The summed E-state index contributed by atoms with van der Waals surface area (Å²) in [5, 5.41) is 3.89. The summed E-state index contributed by atoms with van der Waals surface area (Å²) in [7, 11) is 0. The lowest BCUT2D eigenvalue weighted by Gasteiger charge is -2.28. The zero-order chi connectivity index (χ0) is 19.6. The molecule has 6 heteroatoms. The maximum Gasteiger partial charge on any atom is 0.233 e. The SMILES string of the molecule is O=C(CSc1nc(-c2cccs2)nc2ccccc12)N1CCc2ccccc2C1. The average molecular weight is 418 g/mol. The van der Waals surface area contributed by atoms with Gasteiger partial charge in [0.25, 0.3) is 0 Å². The minimum atomic E-state index is 0.157. The van der Waals surface area contributed by atoms with Crippen LogP contribution in [-0.4, -0.2) is 33.1 Å². The predicted molar refractivity (Wildman–Crippen MR) is 119 cm³/mol. The molecule has 3 heterocycles. The fourth-order valence-electron chi connectivity index (χ4n) is 3.60. The Kier molecular flexibility index (Phi) is 5.04. The number of carbonyl (C=O) groups is 1. The molecular weight excluding hydrogens is 398 g/mol. The molecule has 0 N–H and O–H groups in total. The van der Waals surface area contributed by atoms with Crippen LogP contribution in [0.4, 0.5) is 0 Å². The van der Waals surface area contributed by atoms with Crippen molar-refractivity contribution in [2.45, 2.75) is 18.0 Å². The van der Waals surface area contributed by atoms with E-state index in [0.29, 0.717) is 12.3 Å². The Morgan fingerprint density at radius 2 is 1.83 bits per heavy atom. The summed E-state index contributed by atoms with van der Waals surface area (Å²) in [6.07, 6.45) is 0.922. The van der Waals surface area contributed by atoms with Gasteiger partial charge in [0, 0.05) is 18.5 Å². The van der Waals surface area contributed by atoms with Crippen molar-refractivity contribution in [3.05, 3.63) is 77.2 Å². The van der Waals surface area contributed by atoms with E-state index in [1.165, 1.54) is 22.9 Å². The summed E-state index contributed by atoms with van der Waals surface area (Å²) in [4.78, 5) is 25.4. The van der Waals surface area contributed by atoms with Gasteiger partial charge >= 0.3 is 0 Å². The first-order chi connectivity index (χ1) is 14.3. The van der Waals surface area contributed by atoms with E-state index in [4.69, 9.17) is 9.97 Å². The number of hydrogen-bond acceptors (Lipinski definition) is 5. The normalized spacial score (nSPS) is 13.4. The Balaban J connectivity index is 1.37. The van der Waals surface area contributed by atoms with Crippen LogP contribution < -0.4 is 0 Å². The molecule has 0 radical (unpaired) electrons. The van der Waals surface area contributed by atoms with E-state index in [9.17, 15) is 4.79 Å². The molecule has 1 aliphatic heterocycles. The van der Waals surface area contributed by atoms with Gasteiger partial charge in [-0.2, -0.15) is 0 Å². The number of para-hydroxylation sites is 1. The summed E-state index contributed by atoms with van der Waals surface area (Å²) in [5.74, 6) is 1.26. The Morgan fingerprint density at radius 1 is 1.00 bits per heavy atom. The minimum Gasteiger partial charge on any atom is -0.337 e. The lowest BCUT2D eigenvalue weighted by atomic mass is 10.00. The second kappa shape index (κ2) is 7.97. The smallest absolute Gasteiger partial charge is 0.233 e. The lowest BCUT2D eigenvalue weighted by molar-refractivity contribution is -0.129. The topological polar surface area (TPSA) is 46.1 Å². The third-order valence-corrected chi connectivity index (χ3v) is 6.97. The molecule has 4 nitrogen and oxygen atoms in total. The molecule has 0 atom stereocenters. The molecule has 0 saturated carbocycles. The quantitative estimate of drug-likeness (QED) is 0.345. The molecule has 2 aromatic carbocycles. The van der Waals surface area contributed by atoms with Crippen LogP contribution in [-0.2, 0) is 17.8 Å². The maximum atomic E-state index is 12.9. The molecule has 0 bridgehead atoms. The number of fused-ring (bicyclic) bond motifs is 2. The summed E-state index contributed by atoms with van der Waals surface area (Å²) in [6, 6.07) is 20.4. The Morgan fingerprint density at radius 3 is 2.69 bits per heavy atom. The van der Waals surface area contributed by atoms with E-state index in [-0.39, 0.29) is 5.91 Å². The molecule has 0 spiro atoms. The number of rotatable bonds is 4. The lowest BCUT2D eigenvalue weighted by Crippen LogP contribution is -2.37. The van der Waals surface area contributed by atoms with Gasteiger partial charge in [-0.3, -0.25) is 4.79 Å². The van der Waals surface area contributed by atoms with Gasteiger partial charge in [0.2, 0.25) is 5.91 Å². The number of thiophene rings is 1. The third kappa shape index (κ3) is 3.78. The number of aromatic nitrogens is 2. The molecular formula is C23H19N3OS2. The number of benzene rings is 2. The predicted octanol–water partition coefficient (Wildman–Crippen LogP) is 5.04. The molecule has 0 aliphatic carbocycles. The third-order valence-electron chi connectivity index (χ3n) is 5.13. The highest BCUT2D eigenvalue weighted by molar-refractivity contribution is 8.00. The minimum absolute atomic E-state index is 0.157. The van der Waals surface area contributed by atoms with Crippen molar-refractivity contribution < 1.29 is 4.79 Å². The van der Waals surface area contributed by atoms with Crippen LogP contribution in [0.2, 0.25) is 0 Å². The van der Waals surface area contributed by atoms with Crippen LogP contribution in [0, 0.1) is 0 Å². The maximum absolute atomic E-state index is 12.9. The van der Waals surface area contributed by atoms with Crippen molar-refractivity contribution in [3.63, 3.8) is 0 Å². The van der Waals surface area contributed by atoms with E-state index in [1.54, 1.807) is 11.3 Å². The molecule has 29 heavy (non-hydrogen) atoms. The van der Waals surface area contributed by atoms with Crippen molar-refractivity contribution in [2.75, 3.05) is 12.3 Å². The van der Waals surface area contributed by atoms with E-state index < -0.39 is 0 Å². The van der Waals surface area contributed by atoms with Crippen molar-refractivity contribution in [2.24, 2.45) is 0 Å². The zero-order valence-electron chi connectivity index (χ0n) is 15.7. The summed E-state index contributed by atoms with van der Waals surface area (Å²) in [6.45, 7) is 1.47. The molecule has 5 rings (SSSR count). The Bertz CT molecular complexity index is 1170. The van der Waals surface area contributed by atoms with Crippen LogP contribution in [0.3, 0.4) is 0 Å². The van der Waals surface area contributed by atoms with Crippen LogP contribution in [0.15, 0.2) is 71.1 Å². The largest absolute Gasteiger partial charge is 0.337 e. The highest BCUT2D eigenvalue weighted by Crippen LogP contribution is 2.30. The molecule has 1 aliphatic rings. The number of carbonyl (C=O) groups excluding carboxylic acids is 1. The van der Waals surface area contributed by atoms with E-state index in [0.717, 1.165) is 39.6 Å². The van der Waals surface area contributed by atoms with Crippen molar-refractivity contribution in [1.82, 2.24) is 14.9 Å². The second-order valence-electron chi connectivity index (χ2n) is 6.97. The average Bonchev–Trinajstić information content (AvgIpc) is 3.32. The summed E-state index contributed by atoms with van der Waals surface area (Å²) >= 11 is 3.13. The fraction of sp³-hybridized carbons (Fsp3) is 0.174. The van der Waals surface area contributed by atoms with Gasteiger partial charge in [-0.05, 0) is 35.1 Å². The monoisotopic (exact) mass is 417 g/mol. The van der Waals surface area contributed by atoms with Gasteiger partial charge in [0.05, 0.1) is 16.1 Å². The molecule has 0 saturated heterocycles. The van der Waals surface area contributed by atoms with Gasteiger partial charge in [0.15, 0.2) is 5.82 Å². The number of amides is 1. The van der Waals surface area contributed by atoms with Gasteiger partial charge in [0.1, 0.15) is 5.03 Å². The molecule has 2 aromatic heterocycles. The molecule has 0 unspecified atom stereocenters. The van der Waals surface area contributed by atoms with E-state index in [1.807, 2.05) is 52.7 Å². The fourth-order valence-corrected chi connectivity index (χ4v) is 5.18. The van der Waals surface area contributed by atoms with Crippen molar-refractivity contribution in [1.29, 1.82) is 0 Å². The number of hydrogen-bond donors (Lipinski definition) is 0. The van der Waals surface area contributed by atoms with Gasteiger partial charge < -0.3 is 4.90 Å². The zero-order valence-corrected chi connectivity index (χ0v) is 17.4. The van der Waals surface area contributed by atoms with Crippen LogP contribution in [0.25, 0.3) is 21.6 Å². The van der Waals surface area contributed by atoms with Gasteiger partial charge in [-0.25, -0.2) is 9.97 Å². The summed E-state index contributed by atoms with van der Waals surface area (Å²) in [5.41, 5.74) is 3.52. The summed E-state index contributed by atoms with van der Waals surface area (Å²) < 4.78 is 0. The highest BCUT2D eigenvalue weighted by Gasteiger charge is 2.21. The Labute approximate surface area is 177 Å². The number of thioether (sulfide) groups is 1. The van der Waals surface area contributed by atoms with Crippen molar-refractivity contribution in [3.8, 4) is 10.7 Å². The number of nitrogens with zero attached hydrogens (tertiary/aromatic N) is 3. The Hall–Kier alpha value is -2.70.